The first kappa shape index (κ1) is 11.6. The molecule has 0 radical (unpaired) electrons. The van der Waals surface area contributed by atoms with E-state index in [2.05, 4.69) is 25.0 Å². The van der Waals surface area contributed by atoms with Crippen molar-refractivity contribution in [2.45, 2.75) is 0 Å². The maximum atomic E-state index is 5.72. The van der Waals surface area contributed by atoms with Crippen LogP contribution in [-0.4, -0.2) is 29.7 Å². The van der Waals surface area contributed by atoms with Crippen molar-refractivity contribution >= 4 is 17.1 Å². The zero-order valence-corrected chi connectivity index (χ0v) is 10.9. The Bertz CT molecular complexity index is 907. The lowest BCUT2D eigenvalue weighted by molar-refractivity contribution is 0.851. The molecule has 0 saturated heterocycles. The lowest BCUT2D eigenvalue weighted by atomic mass is 10.1. The zero-order chi connectivity index (χ0) is 14.2. The Hall–Kier alpha value is -3.22. The molecule has 0 aliphatic carbocycles. The Labute approximate surface area is 119 Å². The molecule has 102 valence electrons. The van der Waals surface area contributed by atoms with Crippen LogP contribution in [0.25, 0.3) is 28.1 Å². The van der Waals surface area contributed by atoms with Gasteiger partial charge in [-0.15, -0.1) is 0 Å². The minimum absolute atomic E-state index is 0.168. The average molecular weight is 277 g/mol. The monoisotopic (exact) mass is 277 g/mol. The third-order valence-corrected chi connectivity index (χ3v) is 3.19. The molecular weight excluding hydrogens is 266 g/mol. The summed E-state index contributed by atoms with van der Waals surface area (Å²) >= 11 is 0. The van der Waals surface area contributed by atoms with Crippen molar-refractivity contribution in [1.29, 1.82) is 0 Å². The van der Waals surface area contributed by atoms with Crippen LogP contribution >= 0.6 is 0 Å². The zero-order valence-electron chi connectivity index (χ0n) is 10.9. The third kappa shape index (κ3) is 1.91. The normalized spacial score (nSPS) is 11.0. The summed E-state index contributed by atoms with van der Waals surface area (Å²) in [7, 11) is 0. The number of fused-ring (bicyclic) bond motifs is 1. The van der Waals surface area contributed by atoms with E-state index in [1.807, 2.05) is 36.5 Å². The molecular formula is C14H11N7. The third-order valence-electron chi connectivity index (χ3n) is 3.19. The highest BCUT2D eigenvalue weighted by Gasteiger charge is 2.12. The molecule has 0 fully saturated rings. The topological polar surface area (TPSA) is 98.3 Å². The van der Waals surface area contributed by atoms with Crippen molar-refractivity contribution in [3.63, 3.8) is 0 Å². The average Bonchev–Trinajstić information content (AvgIpc) is 3.16. The van der Waals surface area contributed by atoms with E-state index in [1.54, 1.807) is 17.2 Å². The highest BCUT2D eigenvalue weighted by molar-refractivity contribution is 5.79. The van der Waals surface area contributed by atoms with Crippen LogP contribution in [0, 0.1) is 0 Å². The van der Waals surface area contributed by atoms with E-state index < -0.39 is 0 Å². The van der Waals surface area contributed by atoms with E-state index in [0.29, 0.717) is 17.0 Å². The van der Waals surface area contributed by atoms with Gasteiger partial charge in [0.25, 0.3) is 0 Å². The molecule has 0 aliphatic heterocycles. The molecule has 21 heavy (non-hydrogen) atoms. The second kappa shape index (κ2) is 4.41. The molecule has 4 aromatic rings. The molecule has 0 amide bonds. The van der Waals surface area contributed by atoms with Crippen LogP contribution in [0.4, 0.5) is 5.95 Å². The second-order valence-electron chi connectivity index (χ2n) is 4.55. The van der Waals surface area contributed by atoms with E-state index in [4.69, 9.17) is 5.73 Å². The van der Waals surface area contributed by atoms with Crippen LogP contribution in [0.2, 0.25) is 0 Å². The van der Waals surface area contributed by atoms with Gasteiger partial charge < -0.3 is 10.7 Å². The second-order valence-corrected chi connectivity index (χ2v) is 4.55. The minimum Gasteiger partial charge on any atom is -0.368 e. The number of nitrogens with two attached hydrogens (primary N) is 1. The highest BCUT2D eigenvalue weighted by atomic mass is 15.3. The van der Waals surface area contributed by atoms with Crippen molar-refractivity contribution < 1.29 is 0 Å². The fourth-order valence-corrected chi connectivity index (χ4v) is 2.22. The van der Waals surface area contributed by atoms with Gasteiger partial charge in [-0.3, -0.25) is 0 Å². The highest BCUT2D eigenvalue weighted by Crippen LogP contribution is 2.21. The van der Waals surface area contributed by atoms with Crippen molar-refractivity contribution in [3.8, 4) is 16.9 Å². The quantitative estimate of drug-likeness (QED) is 0.582. The number of nitrogens with zero attached hydrogens (tertiary/aromatic N) is 5. The van der Waals surface area contributed by atoms with Gasteiger partial charge >= 0.3 is 0 Å². The van der Waals surface area contributed by atoms with Gasteiger partial charge in [-0.2, -0.15) is 15.1 Å². The Morgan fingerprint density at radius 2 is 1.90 bits per heavy atom. The minimum atomic E-state index is 0.168. The predicted molar refractivity (Wildman–Crippen MR) is 78.7 cm³/mol. The molecule has 3 aromatic heterocycles. The SMILES string of the molecule is Nc1nc(-n2cc(-c3ccccc3)cn2)c2[nH]cnc2n1. The van der Waals surface area contributed by atoms with Crippen LogP contribution in [0.15, 0.2) is 49.1 Å². The number of benzene rings is 1. The summed E-state index contributed by atoms with van der Waals surface area (Å²) in [6.45, 7) is 0. The summed E-state index contributed by atoms with van der Waals surface area (Å²) in [6, 6.07) is 10.0. The molecule has 7 heteroatoms. The molecule has 3 heterocycles. The van der Waals surface area contributed by atoms with Gasteiger partial charge in [-0.25, -0.2) is 9.67 Å². The number of nitrogen functional groups attached to an aromatic ring is 1. The summed E-state index contributed by atoms with van der Waals surface area (Å²) in [4.78, 5) is 15.4. The summed E-state index contributed by atoms with van der Waals surface area (Å²) < 4.78 is 1.67. The number of imidazole rings is 1. The summed E-state index contributed by atoms with van der Waals surface area (Å²) in [5.74, 6) is 0.749. The Kier molecular flexibility index (Phi) is 2.43. The number of hydrogen-bond donors (Lipinski definition) is 2. The number of aromatic amines is 1. The van der Waals surface area contributed by atoms with Crippen LogP contribution in [-0.2, 0) is 0 Å². The maximum Gasteiger partial charge on any atom is 0.224 e. The molecule has 0 aliphatic rings. The molecule has 0 bridgehead atoms. The van der Waals surface area contributed by atoms with Crippen molar-refractivity contribution in [3.05, 3.63) is 49.1 Å². The largest absolute Gasteiger partial charge is 0.368 e. The number of H-pyrrole nitrogens is 1. The standard InChI is InChI=1S/C14H11N7/c15-14-19-12-11(16-8-17-12)13(20-14)21-7-10(6-18-21)9-4-2-1-3-5-9/h1-8H,(H3,15,16,17,19,20). The lowest BCUT2D eigenvalue weighted by Crippen LogP contribution is -2.04. The van der Waals surface area contributed by atoms with E-state index in [0.717, 1.165) is 11.1 Å². The fraction of sp³-hybridized carbons (Fsp3) is 0. The number of anilines is 1. The molecule has 7 nitrogen and oxygen atoms in total. The van der Waals surface area contributed by atoms with E-state index >= 15 is 0 Å². The summed E-state index contributed by atoms with van der Waals surface area (Å²) in [5, 5.41) is 4.36. The van der Waals surface area contributed by atoms with E-state index in [1.165, 1.54) is 0 Å². The van der Waals surface area contributed by atoms with Crippen LogP contribution < -0.4 is 5.73 Å². The van der Waals surface area contributed by atoms with Crippen LogP contribution in [0.5, 0.6) is 0 Å². The maximum absolute atomic E-state index is 5.72. The van der Waals surface area contributed by atoms with Crippen molar-refractivity contribution in [2.24, 2.45) is 0 Å². The molecule has 3 N–H and O–H groups in total. The number of nitrogens with one attached hydrogen (secondary N) is 1. The fourth-order valence-electron chi connectivity index (χ4n) is 2.22. The van der Waals surface area contributed by atoms with Gasteiger partial charge in [-0.1, -0.05) is 30.3 Å². The van der Waals surface area contributed by atoms with Crippen molar-refractivity contribution in [1.82, 2.24) is 29.7 Å². The molecule has 1 aromatic carbocycles. The van der Waals surface area contributed by atoms with E-state index in [9.17, 15) is 0 Å². The number of hydrogen-bond acceptors (Lipinski definition) is 5. The Balaban J connectivity index is 1.87. The first-order chi connectivity index (χ1) is 10.3. The summed E-state index contributed by atoms with van der Waals surface area (Å²) in [5.41, 5.74) is 9.04. The smallest absolute Gasteiger partial charge is 0.224 e. The van der Waals surface area contributed by atoms with Crippen molar-refractivity contribution in [2.75, 3.05) is 5.73 Å². The van der Waals surface area contributed by atoms with Gasteiger partial charge in [0, 0.05) is 11.8 Å². The van der Waals surface area contributed by atoms with Gasteiger partial charge in [0.1, 0.15) is 5.52 Å². The molecule has 0 spiro atoms. The van der Waals surface area contributed by atoms with Gasteiger partial charge in [0.2, 0.25) is 5.95 Å². The van der Waals surface area contributed by atoms with E-state index in [-0.39, 0.29) is 5.95 Å². The molecule has 4 rings (SSSR count). The summed E-state index contributed by atoms with van der Waals surface area (Å²) in [6.07, 6.45) is 5.25. The van der Waals surface area contributed by atoms with Gasteiger partial charge in [-0.05, 0) is 5.56 Å². The molecule has 0 saturated carbocycles. The van der Waals surface area contributed by atoms with Crippen LogP contribution in [0.3, 0.4) is 0 Å². The van der Waals surface area contributed by atoms with Gasteiger partial charge in [0.15, 0.2) is 11.5 Å². The van der Waals surface area contributed by atoms with Crippen LogP contribution in [0.1, 0.15) is 0 Å². The number of rotatable bonds is 2. The Morgan fingerprint density at radius 1 is 1.05 bits per heavy atom. The first-order valence-electron chi connectivity index (χ1n) is 6.38. The predicted octanol–water partition coefficient (Wildman–Crippen LogP) is 1.79. The molecule has 0 unspecified atom stereocenters. The first-order valence-corrected chi connectivity index (χ1v) is 6.38. The van der Waals surface area contributed by atoms with Gasteiger partial charge in [0.05, 0.1) is 12.5 Å². The lowest BCUT2D eigenvalue weighted by Gasteiger charge is -2.02. The molecule has 0 atom stereocenters. The number of aromatic nitrogens is 6. The Morgan fingerprint density at radius 3 is 2.76 bits per heavy atom.